The van der Waals surface area contributed by atoms with Gasteiger partial charge in [0.2, 0.25) is 0 Å². The van der Waals surface area contributed by atoms with Crippen molar-refractivity contribution in [2.45, 2.75) is 29.9 Å². The Labute approximate surface area is 92.8 Å². The second-order valence-corrected chi connectivity index (χ2v) is 5.38. The quantitative estimate of drug-likeness (QED) is 0.770. The maximum Gasteiger partial charge on any atom is 0.130 e. The number of fused-ring (bicyclic) bond motifs is 1. The van der Waals surface area contributed by atoms with E-state index < -0.39 is 0 Å². The van der Waals surface area contributed by atoms with Gasteiger partial charge in [0.25, 0.3) is 0 Å². The van der Waals surface area contributed by atoms with Crippen LogP contribution in [0.2, 0.25) is 5.02 Å². The number of carbonyl (C=O) groups is 1. The summed E-state index contributed by atoms with van der Waals surface area (Å²) in [6.45, 7) is 1.65. The SMILES string of the molecule is CC(=O)CC1Cc2cc(Cl)ccc2S1. The number of rotatable bonds is 2. The van der Waals surface area contributed by atoms with Gasteiger partial charge in [-0.1, -0.05) is 11.6 Å². The Kier molecular flexibility index (Phi) is 2.84. The summed E-state index contributed by atoms with van der Waals surface area (Å²) < 4.78 is 0. The molecule has 1 nitrogen and oxygen atoms in total. The molecule has 0 spiro atoms. The lowest BCUT2D eigenvalue weighted by Gasteiger charge is -2.03. The van der Waals surface area contributed by atoms with Crippen molar-refractivity contribution in [3.05, 3.63) is 28.8 Å². The van der Waals surface area contributed by atoms with Gasteiger partial charge in [-0.25, -0.2) is 0 Å². The van der Waals surface area contributed by atoms with Crippen LogP contribution in [0.5, 0.6) is 0 Å². The number of halogens is 1. The highest BCUT2D eigenvalue weighted by molar-refractivity contribution is 8.00. The van der Waals surface area contributed by atoms with Gasteiger partial charge in [-0.05, 0) is 37.1 Å². The maximum atomic E-state index is 11.0. The molecule has 0 aromatic heterocycles. The summed E-state index contributed by atoms with van der Waals surface area (Å²) in [5.74, 6) is 0.265. The Balaban J connectivity index is 2.14. The number of hydrogen-bond donors (Lipinski definition) is 0. The lowest BCUT2D eigenvalue weighted by Crippen LogP contribution is -2.06. The monoisotopic (exact) mass is 226 g/mol. The minimum atomic E-state index is 0.265. The summed E-state index contributed by atoms with van der Waals surface area (Å²) in [6, 6.07) is 5.95. The first kappa shape index (κ1) is 10.1. The molecule has 1 aromatic rings. The van der Waals surface area contributed by atoms with E-state index in [4.69, 9.17) is 11.6 Å². The first-order valence-electron chi connectivity index (χ1n) is 4.59. The molecule has 0 bridgehead atoms. The molecule has 1 unspecified atom stereocenters. The van der Waals surface area contributed by atoms with Crippen molar-refractivity contribution in [3.63, 3.8) is 0 Å². The molecule has 0 saturated heterocycles. The Morgan fingerprint density at radius 3 is 3.14 bits per heavy atom. The molecule has 0 saturated carbocycles. The van der Waals surface area contributed by atoms with Crippen molar-refractivity contribution >= 4 is 29.1 Å². The molecule has 1 aliphatic heterocycles. The van der Waals surface area contributed by atoms with E-state index in [-0.39, 0.29) is 5.78 Å². The molecule has 1 aromatic carbocycles. The molecule has 1 aliphatic rings. The Morgan fingerprint density at radius 2 is 2.43 bits per heavy atom. The largest absolute Gasteiger partial charge is 0.300 e. The van der Waals surface area contributed by atoms with Gasteiger partial charge in [-0.2, -0.15) is 0 Å². The van der Waals surface area contributed by atoms with Crippen LogP contribution in [-0.4, -0.2) is 11.0 Å². The minimum Gasteiger partial charge on any atom is -0.300 e. The highest BCUT2D eigenvalue weighted by Gasteiger charge is 2.23. The smallest absolute Gasteiger partial charge is 0.130 e. The van der Waals surface area contributed by atoms with Crippen molar-refractivity contribution in [1.29, 1.82) is 0 Å². The van der Waals surface area contributed by atoms with Gasteiger partial charge in [0.15, 0.2) is 0 Å². The van der Waals surface area contributed by atoms with Crippen molar-refractivity contribution in [2.24, 2.45) is 0 Å². The molecule has 3 heteroatoms. The van der Waals surface area contributed by atoms with E-state index in [1.165, 1.54) is 10.5 Å². The molecule has 0 radical (unpaired) electrons. The third kappa shape index (κ3) is 2.12. The van der Waals surface area contributed by atoms with Gasteiger partial charge in [-0.15, -0.1) is 11.8 Å². The van der Waals surface area contributed by atoms with Crippen LogP contribution >= 0.6 is 23.4 Å². The van der Waals surface area contributed by atoms with Crippen molar-refractivity contribution in [1.82, 2.24) is 0 Å². The van der Waals surface area contributed by atoms with Crippen LogP contribution in [-0.2, 0) is 11.2 Å². The molecule has 0 aliphatic carbocycles. The van der Waals surface area contributed by atoms with E-state index in [2.05, 4.69) is 0 Å². The fraction of sp³-hybridized carbons (Fsp3) is 0.364. The maximum absolute atomic E-state index is 11.0. The Morgan fingerprint density at radius 1 is 1.64 bits per heavy atom. The van der Waals surface area contributed by atoms with E-state index >= 15 is 0 Å². The molecule has 1 atom stereocenters. The molecule has 0 fully saturated rings. The zero-order valence-electron chi connectivity index (χ0n) is 7.92. The minimum absolute atomic E-state index is 0.265. The summed E-state index contributed by atoms with van der Waals surface area (Å²) >= 11 is 7.69. The van der Waals surface area contributed by atoms with Gasteiger partial charge in [0.1, 0.15) is 5.78 Å². The van der Waals surface area contributed by atoms with Crippen LogP contribution in [0.15, 0.2) is 23.1 Å². The van der Waals surface area contributed by atoms with E-state index in [1.807, 2.05) is 18.2 Å². The van der Waals surface area contributed by atoms with Crippen LogP contribution in [0, 0.1) is 0 Å². The van der Waals surface area contributed by atoms with Crippen LogP contribution in [0.4, 0.5) is 0 Å². The van der Waals surface area contributed by atoms with Gasteiger partial charge in [-0.3, -0.25) is 4.79 Å². The first-order valence-corrected chi connectivity index (χ1v) is 5.85. The van der Waals surface area contributed by atoms with E-state index in [9.17, 15) is 4.79 Å². The number of thioether (sulfide) groups is 1. The number of ketones is 1. The average molecular weight is 227 g/mol. The van der Waals surface area contributed by atoms with Gasteiger partial charge in [0, 0.05) is 21.6 Å². The van der Waals surface area contributed by atoms with E-state index in [1.54, 1.807) is 18.7 Å². The number of hydrogen-bond acceptors (Lipinski definition) is 2. The Hall–Kier alpha value is -0.470. The molecule has 2 rings (SSSR count). The first-order chi connectivity index (χ1) is 6.65. The second-order valence-electron chi connectivity index (χ2n) is 3.60. The van der Waals surface area contributed by atoms with Crippen LogP contribution in [0.1, 0.15) is 18.9 Å². The third-order valence-electron chi connectivity index (χ3n) is 2.28. The van der Waals surface area contributed by atoms with Crippen LogP contribution in [0.25, 0.3) is 0 Å². The molecular weight excluding hydrogens is 216 g/mol. The summed E-state index contributed by atoms with van der Waals surface area (Å²) in [5, 5.41) is 1.20. The van der Waals surface area contributed by atoms with Crippen molar-refractivity contribution in [3.8, 4) is 0 Å². The summed E-state index contributed by atoms with van der Waals surface area (Å²) in [5.41, 5.74) is 1.29. The van der Waals surface area contributed by atoms with Crippen LogP contribution in [0.3, 0.4) is 0 Å². The summed E-state index contributed by atoms with van der Waals surface area (Å²) in [4.78, 5) is 12.3. The number of benzene rings is 1. The molecular formula is C11H11ClOS. The summed E-state index contributed by atoms with van der Waals surface area (Å²) in [7, 11) is 0. The van der Waals surface area contributed by atoms with Crippen LogP contribution < -0.4 is 0 Å². The predicted molar refractivity (Wildman–Crippen MR) is 60.1 cm³/mol. The normalized spacial score (nSPS) is 19.4. The number of carbonyl (C=O) groups excluding carboxylic acids is 1. The predicted octanol–water partition coefficient (Wildman–Crippen LogP) is 3.34. The lowest BCUT2D eigenvalue weighted by atomic mass is 10.1. The molecule has 0 amide bonds. The third-order valence-corrected chi connectivity index (χ3v) is 3.83. The zero-order valence-corrected chi connectivity index (χ0v) is 9.49. The van der Waals surface area contributed by atoms with Gasteiger partial charge >= 0.3 is 0 Å². The van der Waals surface area contributed by atoms with Gasteiger partial charge in [0.05, 0.1) is 0 Å². The zero-order chi connectivity index (χ0) is 10.1. The Bertz CT molecular complexity index is 376. The topological polar surface area (TPSA) is 17.1 Å². The average Bonchev–Trinajstić information content (AvgIpc) is 2.44. The highest BCUT2D eigenvalue weighted by Crippen LogP contribution is 2.39. The fourth-order valence-electron chi connectivity index (χ4n) is 1.72. The summed E-state index contributed by atoms with van der Waals surface area (Å²) in [6.07, 6.45) is 1.64. The second kappa shape index (κ2) is 3.95. The molecule has 74 valence electrons. The molecule has 1 heterocycles. The molecule has 14 heavy (non-hydrogen) atoms. The lowest BCUT2D eigenvalue weighted by molar-refractivity contribution is -0.116. The standard InChI is InChI=1S/C11H11ClOS/c1-7(13)4-10-6-8-5-9(12)2-3-11(8)14-10/h2-3,5,10H,4,6H2,1H3. The van der Waals surface area contributed by atoms with E-state index in [0.717, 1.165) is 11.4 Å². The van der Waals surface area contributed by atoms with Gasteiger partial charge < -0.3 is 0 Å². The number of Topliss-reactive ketones (excluding diaryl/α,β-unsaturated/α-hetero) is 1. The fourth-order valence-corrected chi connectivity index (χ4v) is 3.30. The highest BCUT2D eigenvalue weighted by atomic mass is 35.5. The van der Waals surface area contributed by atoms with E-state index in [0.29, 0.717) is 11.7 Å². The van der Waals surface area contributed by atoms with Crippen molar-refractivity contribution in [2.75, 3.05) is 0 Å². The van der Waals surface area contributed by atoms with Crippen molar-refractivity contribution < 1.29 is 4.79 Å². The molecule has 0 N–H and O–H groups in total.